The second-order valence-corrected chi connectivity index (χ2v) is 23.8. The van der Waals surface area contributed by atoms with Crippen molar-refractivity contribution in [1.29, 1.82) is 0 Å². The molecule has 6 atom stereocenters. The Kier molecular flexibility index (Phi) is 40.0. The molecule has 0 amide bonds. The Balaban J connectivity index is -0.000000727. The molecule has 4 nitrogen and oxygen atoms in total. The molecule has 0 rings (SSSR count). The van der Waals surface area contributed by atoms with E-state index in [2.05, 4.69) is 55.4 Å². The van der Waals surface area contributed by atoms with Crippen LogP contribution in [0.15, 0.2) is 0 Å². The second kappa shape index (κ2) is 33.9. The first-order valence-corrected chi connectivity index (χ1v) is 25.6. The Morgan fingerprint density at radius 3 is 1.00 bits per heavy atom. The minimum Gasteiger partial charge on any atom is -0.793 e. The van der Waals surface area contributed by atoms with Crippen molar-refractivity contribution in [3.63, 3.8) is 0 Å². The minimum atomic E-state index is -2.94. The fraction of sp³-hybridized carbons (Fsp3) is 1.00. The fourth-order valence-corrected chi connectivity index (χ4v) is 15.2. The molecule has 0 heterocycles. The smallest absolute Gasteiger partial charge is 0.793 e. The molecule has 0 aromatic heterocycles. The molecule has 11 heteroatoms. The van der Waals surface area contributed by atoms with E-state index >= 15 is 0 Å². The van der Waals surface area contributed by atoms with Crippen LogP contribution in [0.25, 0.3) is 0 Å². The van der Waals surface area contributed by atoms with Gasteiger partial charge >= 0.3 is 48.9 Å². The second-order valence-electron chi connectivity index (χ2n) is 11.4. The van der Waals surface area contributed by atoms with Crippen LogP contribution in [-0.2, 0) is 32.7 Å². The average molecular weight is 844 g/mol. The first-order chi connectivity index (χ1) is 20.0. The molecule has 0 bridgehead atoms. The maximum atomic E-state index is 12.6. The summed E-state index contributed by atoms with van der Waals surface area (Å²) in [5, 5.41) is 0.765. The van der Waals surface area contributed by atoms with E-state index in [1.54, 1.807) is 0 Å². The monoisotopic (exact) mass is 844 g/mol. The van der Waals surface area contributed by atoms with Crippen molar-refractivity contribution in [2.75, 3.05) is 0 Å². The normalized spacial score (nSPS) is 17.0. The summed E-state index contributed by atoms with van der Waals surface area (Å²) in [6, 6.07) is 0. The van der Waals surface area contributed by atoms with E-state index in [1.165, 1.54) is 87.0 Å². The molecule has 0 N–H and O–H groups in total. The molecule has 0 fully saturated rings. The molecule has 43 heavy (non-hydrogen) atoms. The summed E-state index contributed by atoms with van der Waals surface area (Å²) >= 11 is 13.4. The quantitative estimate of drug-likeness (QED) is 0.0438. The van der Waals surface area contributed by atoms with Gasteiger partial charge in [-0.1, -0.05) is 156 Å². The third-order valence-electron chi connectivity index (χ3n) is 7.45. The van der Waals surface area contributed by atoms with Gasteiger partial charge in [0.25, 0.3) is 0 Å². The molecule has 256 valence electrons. The number of hydrogen-bond acceptors (Lipinski definition) is 8. The third-order valence-corrected chi connectivity index (χ3v) is 16.7. The molecule has 0 aliphatic heterocycles. The maximum absolute atomic E-state index is 12.6. The van der Waals surface area contributed by atoms with E-state index in [0.717, 1.165) is 64.2 Å². The Morgan fingerprint density at radius 2 is 0.767 bits per heavy atom. The van der Waals surface area contributed by atoms with Gasteiger partial charge in [0.05, 0.1) is 12.2 Å². The van der Waals surface area contributed by atoms with Gasteiger partial charge in [-0.15, -0.1) is 22.8 Å². The van der Waals surface area contributed by atoms with E-state index in [9.17, 15) is 9.79 Å². The summed E-state index contributed by atoms with van der Waals surface area (Å²) in [7, 11) is 0. The van der Waals surface area contributed by atoms with Crippen molar-refractivity contribution < 1.29 is 18.8 Å². The van der Waals surface area contributed by atoms with Crippen LogP contribution in [0.5, 0.6) is 0 Å². The van der Waals surface area contributed by atoms with Gasteiger partial charge in [0, 0.05) is 21.9 Å². The molecule has 0 radical (unpaired) electrons. The van der Waals surface area contributed by atoms with Crippen molar-refractivity contribution in [2.45, 2.75) is 207 Å². The van der Waals surface area contributed by atoms with Crippen LogP contribution < -0.4 is 9.79 Å². The van der Waals surface area contributed by atoms with Gasteiger partial charge in [-0.05, 0) is 51.4 Å². The topological polar surface area (TPSA) is 64.6 Å². The summed E-state index contributed by atoms with van der Waals surface area (Å²) in [6.07, 6.45) is 22.6. The SMILES string of the molecule is CCCCCC(CC)OP([O-])(=S)SC(CC)CCCCC.CCCCCC(CC)OP([O-])(=S)SC(CC)CCCCC.[Ba+2]. The predicted octanol–water partition coefficient (Wildman–Crippen LogP) is 11.7. The van der Waals surface area contributed by atoms with E-state index in [-0.39, 0.29) is 61.1 Å². The van der Waals surface area contributed by atoms with Crippen LogP contribution >= 0.6 is 34.2 Å². The molecule has 0 aromatic carbocycles. The van der Waals surface area contributed by atoms with Crippen molar-refractivity contribution in [2.24, 2.45) is 0 Å². The fourth-order valence-electron chi connectivity index (χ4n) is 4.59. The van der Waals surface area contributed by atoms with E-state index in [1.807, 2.05) is 0 Å². The van der Waals surface area contributed by atoms with E-state index in [4.69, 9.17) is 32.7 Å². The average Bonchev–Trinajstić information content (AvgIpc) is 2.95. The van der Waals surface area contributed by atoms with E-state index < -0.39 is 11.4 Å². The van der Waals surface area contributed by atoms with Crippen molar-refractivity contribution in [3.8, 4) is 0 Å². The molecule has 0 spiro atoms. The van der Waals surface area contributed by atoms with Crippen LogP contribution in [0, 0.1) is 0 Å². The summed E-state index contributed by atoms with van der Waals surface area (Å²) in [6.45, 7) is 17.3. The van der Waals surface area contributed by atoms with Gasteiger partial charge in [0.1, 0.15) is 0 Å². The predicted molar refractivity (Wildman–Crippen MR) is 205 cm³/mol. The van der Waals surface area contributed by atoms with Crippen LogP contribution in [0.3, 0.4) is 0 Å². The van der Waals surface area contributed by atoms with Crippen LogP contribution in [-0.4, -0.2) is 71.6 Å². The molecule has 6 unspecified atom stereocenters. The molecule has 0 aliphatic carbocycles. The van der Waals surface area contributed by atoms with Gasteiger partial charge in [0.15, 0.2) is 0 Å². The summed E-state index contributed by atoms with van der Waals surface area (Å²) in [5.74, 6) is 0. The first kappa shape index (κ1) is 50.8. The maximum Gasteiger partial charge on any atom is 2.00 e. The number of rotatable bonds is 28. The zero-order valence-electron chi connectivity index (χ0n) is 29.3. The van der Waals surface area contributed by atoms with Gasteiger partial charge in [-0.25, -0.2) is 0 Å². The number of unbranched alkanes of at least 4 members (excludes halogenated alkanes) is 8. The molecule has 0 saturated carbocycles. The standard InChI is InChI=1S/2C16H35O2PS2.Ba/c2*1-5-9-11-13-15(7-3)18-19(17,20)21-16(8-4)14-12-10-6-2;/h2*15-16H,5-14H2,1-4H3,(H,17,20);/q;;+2/p-2. The van der Waals surface area contributed by atoms with Crippen LogP contribution in [0.4, 0.5) is 0 Å². The summed E-state index contributed by atoms with van der Waals surface area (Å²) in [5.41, 5.74) is -5.87. The van der Waals surface area contributed by atoms with Gasteiger partial charge in [-0.3, -0.25) is 0 Å². The Morgan fingerprint density at radius 1 is 0.488 bits per heavy atom. The van der Waals surface area contributed by atoms with Crippen LogP contribution in [0.1, 0.15) is 184 Å². The van der Waals surface area contributed by atoms with Crippen molar-refractivity contribution >= 4 is 107 Å². The Bertz CT molecular complexity index is 590. The molecular weight excluding hydrogens is 776 g/mol. The van der Waals surface area contributed by atoms with E-state index in [0.29, 0.717) is 10.5 Å². The molecule has 0 aromatic rings. The number of hydrogen-bond donors (Lipinski definition) is 0. The largest absolute Gasteiger partial charge is 2.00 e. The van der Waals surface area contributed by atoms with Crippen LogP contribution in [0.2, 0.25) is 0 Å². The Hall–Kier alpha value is 3.41. The first-order valence-electron chi connectivity index (χ1n) is 17.3. The summed E-state index contributed by atoms with van der Waals surface area (Å²) in [4.78, 5) is 25.1. The van der Waals surface area contributed by atoms with Gasteiger partial charge in [0.2, 0.25) is 0 Å². The van der Waals surface area contributed by atoms with Gasteiger partial charge in [-0.2, -0.15) is 0 Å². The molecule has 0 saturated heterocycles. The minimum absolute atomic E-state index is 0. The molecular formula is C32H68BaO4P2S4. The zero-order valence-corrected chi connectivity index (χ0v) is 38.8. The Labute approximate surface area is 328 Å². The van der Waals surface area contributed by atoms with Crippen molar-refractivity contribution in [1.82, 2.24) is 0 Å². The van der Waals surface area contributed by atoms with Gasteiger partial charge < -0.3 is 18.8 Å². The third kappa shape index (κ3) is 32.4. The molecule has 0 aliphatic rings. The summed E-state index contributed by atoms with van der Waals surface area (Å²) < 4.78 is 11.6. The van der Waals surface area contributed by atoms with Crippen molar-refractivity contribution in [3.05, 3.63) is 0 Å². The zero-order chi connectivity index (χ0) is 32.3.